The molecule has 0 bridgehead atoms. The van der Waals surface area contributed by atoms with Crippen molar-refractivity contribution in [1.29, 1.82) is 0 Å². The molecule has 3 N–H and O–H groups in total. The van der Waals surface area contributed by atoms with Crippen molar-refractivity contribution < 1.29 is 24.2 Å². The second-order valence-electron chi connectivity index (χ2n) is 9.37. The van der Waals surface area contributed by atoms with Crippen LogP contribution in [0.5, 0.6) is 0 Å². The smallest absolute Gasteiger partial charge is 0.407 e. The lowest BCUT2D eigenvalue weighted by Gasteiger charge is -2.31. The van der Waals surface area contributed by atoms with E-state index >= 15 is 0 Å². The van der Waals surface area contributed by atoms with E-state index in [1.807, 2.05) is 24.3 Å². The molecule has 0 saturated heterocycles. The van der Waals surface area contributed by atoms with E-state index in [2.05, 4.69) is 34.9 Å². The highest BCUT2D eigenvalue weighted by molar-refractivity contribution is 5.79. The van der Waals surface area contributed by atoms with E-state index in [1.165, 1.54) is 22.3 Å². The van der Waals surface area contributed by atoms with E-state index in [-0.39, 0.29) is 43.4 Å². The standard InChI is InChI=1S/C27H32N2O5/c1-17(26(31)32)15-28-25(30)14-18-8-2-7-13-24(18)29-27(33)34-16-23-21-11-5-3-9-19(21)20-10-4-6-12-22(20)23/h3-6,9-12,17-18,23-24H,2,7-8,13-16H2,1H3,(H,28,30)(H,29,33)(H,31,32)/t17?,18-,24-/m1/s1. The predicted octanol–water partition coefficient (Wildman–Crippen LogP) is 4.31. The Bertz CT molecular complexity index is 1010. The van der Waals surface area contributed by atoms with Gasteiger partial charge in [0.05, 0.1) is 5.92 Å². The molecule has 2 amide bonds. The summed E-state index contributed by atoms with van der Waals surface area (Å²) in [5, 5.41) is 14.7. The van der Waals surface area contributed by atoms with Gasteiger partial charge in [-0.2, -0.15) is 0 Å². The minimum absolute atomic E-state index is 0.00213. The second-order valence-corrected chi connectivity index (χ2v) is 9.37. The Morgan fingerprint density at radius 2 is 1.62 bits per heavy atom. The summed E-state index contributed by atoms with van der Waals surface area (Å²) < 4.78 is 5.69. The molecule has 0 radical (unpaired) electrons. The number of carboxylic acids is 1. The van der Waals surface area contributed by atoms with Crippen LogP contribution in [-0.2, 0) is 14.3 Å². The van der Waals surface area contributed by atoms with Crippen LogP contribution in [0.2, 0.25) is 0 Å². The van der Waals surface area contributed by atoms with Gasteiger partial charge in [-0.3, -0.25) is 9.59 Å². The zero-order valence-electron chi connectivity index (χ0n) is 19.5. The minimum Gasteiger partial charge on any atom is -0.481 e. The van der Waals surface area contributed by atoms with Crippen LogP contribution in [0, 0.1) is 11.8 Å². The lowest BCUT2D eigenvalue weighted by Crippen LogP contribution is -2.44. The molecule has 1 unspecified atom stereocenters. The van der Waals surface area contributed by atoms with Crippen molar-refractivity contribution in [1.82, 2.24) is 10.6 Å². The van der Waals surface area contributed by atoms with Gasteiger partial charge in [-0.25, -0.2) is 4.79 Å². The fourth-order valence-corrected chi connectivity index (χ4v) is 5.10. The molecule has 7 heteroatoms. The van der Waals surface area contributed by atoms with Gasteiger partial charge in [-0.1, -0.05) is 68.3 Å². The number of carboxylic acid groups (broad SMARTS) is 1. The lowest BCUT2D eigenvalue weighted by molar-refractivity contribution is -0.141. The molecule has 0 spiro atoms. The first-order chi connectivity index (χ1) is 16.4. The molecule has 7 nitrogen and oxygen atoms in total. The fraction of sp³-hybridized carbons (Fsp3) is 0.444. The first-order valence-corrected chi connectivity index (χ1v) is 12.0. The van der Waals surface area contributed by atoms with Gasteiger partial charge < -0.3 is 20.5 Å². The molecule has 2 aromatic carbocycles. The van der Waals surface area contributed by atoms with E-state index in [9.17, 15) is 14.4 Å². The average molecular weight is 465 g/mol. The van der Waals surface area contributed by atoms with Crippen LogP contribution in [0.3, 0.4) is 0 Å². The topological polar surface area (TPSA) is 105 Å². The van der Waals surface area contributed by atoms with Crippen LogP contribution in [0.1, 0.15) is 56.1 Å². The summed E-state index contributed by atoms with van der Waals surface area (Å²) in [4.78, 5) is 36.0. The van der Waals surface area contributed by atoms with Crippen molar-refractivity contribution in [2.75, 3.05) is 13.2 Å². The number of carbonyl (C=O) groups excluding carboxylic acids is 2. The van der Waals surface area contributed by atoms with Gasteiger partial charge >= 0.3 is 12.1 Å². The molecule has 1 fully saturated rings. The molecule has 34 heavy (non-hydrogen) atoms. The normalized spacial score (nSPS) is 20.0. The monoisotopic (exact) mass is 464 g/mol. The number of benzene rings is 2. The van der Waals surface area contributed by atoms with Gasteiger partial charge in [0.1, 0.15) is 6.61 Å². The molecule has 4 rings (SSSR count). The second kappa shape index (κ2) is 10.7. The predicted molar refractivity (Wildman–Crippen MR) is 128 cm³/mol. The van der Waals surface area contributed by atoms with E-state index in [0.29, 0.717) is 0 Å². The summed E-state index contributed by atoms with van der Waals surface area (Å²) in [7, 11) is 0. The number of aliphatic carboxylic acids is 1. The molecule has 1 saturated carbocycles. The van der Waals surface area contributed by atoms with Crippen LogP contribution in [0.25, 0.3) is 11.1 Å². The first-order valence-electron chi connectivity index (χ1n) is 12.0. The zero-order valence-corrected chi connectivity index (χ0v) is 19.5. The maximum Gasteiger partial charge on any atom is 0.407 e. The highest BCUT2D eigenvalue weighted by Gasteiger charge is 2.31. The fourth-order valence-electron chi connectivity index (χ4n) is 5.10. The van der Waals surface area contributed by atoms with Crippen LogP contribution in [0.15, 0.2) is 48.5 Å². The summed E-state index contributed by atoms with van der Waals surface area (Å²) in [6.07, 6.45) is 3.44. The average Bonchev–Trinajstić information content (AvgIpc) is 3.16. The molecule has 3 atom stereocenters. The number of nitrogens with one attached hydrogen (secondary N) is 2. The molecule has 180 valence electrons. The summed E-state index contributed by atoms with van der Waals surface area (Å²) >= 11 is 0. The van der Waals surface area contributed by atoms with Crippen molar-refractivity contribution in [3.05, 3.63) is 59.7 Å². The van der Waals surface area contributed by atoms with Gasteiger partial charge in [0.2, 0.25) is 5.91 Å². The first kappa shape index (κ1) is 23.8. The summed E-state index contributed by atoms with van der Waals surface area (Å²) in [5.41, 5.74) is 4.70. The Morgan fingerprint density at radius 1 is 1.00 bits per heavy atom. The summed E-state index contributed by atoms with van der Waals surface area (Å²) in [6.45, 7) is 1.92. The molecule has 0 aromatic heterocycles. The van der Waals surface area contributed by atoms with Crippen molar-refractivity contribution in [3.63, 3.8) is 0 Å². The van der Waals surface area contributed by atoms with Crippen LogP contribution in [0.4, 0.5) is 4.79 Å². The third kappa shape index (κ3) is 5.41. The number of fused-ring (bicyclic) bond motifs is 3. The Kier molecular flexibility index (Phi) is 7.50. The number of ether oxygens (including phenoxy) is 1. The summed E-state index contributed by atoms with van der Waals surface area (Å²) in [6, 6.07) is 16.3. The van der Waals surface area contributed by atoms with Crippen molar-refractivity contribution >= 4 is 18.0 Å². The molecule has 2 aromatic rings. The van der Waals surface area contributed by atoms with Gasteiger partial charge in [0, 0.05) is 24.9 Å². The van der Waals surface area contributed by atoms with Crippen molar-refractivity contribution in [2.45, 2.75) is 51.0 Å². The molecular weight excluding hydrogens is 432 g/mol. The highest BCUT2D eigenvalue weighted by Crippen LogP contribution is 2.44. The highest BCUT2D eigenvalue weighted by atomic mass is 16.5. The van der Waals surface area contributed by atoms with E-state index in [1.54, 1.807) is 6.92 Å². The maximum absolute atomic E-state index is 12.7. The Labute approximate surface area is 199 Å². The Balaban J connectivity index is 1.32. The molecular formula is C27H32N2O5. The SMILES string of the molecule is CC(CNC(=O)C[C@H]1CCCC[C@H]1NC(=O)OCC1c2ccccc2-c2ccccc21)C(=O)O. The number of hydrogen-bond acceptors (Lipinski definition) is 4. The van der Waals surface area contributed by atoms with Crippen LogP contribution in [-0.4, -0.2) is 42.3 Å². The third-order valence-corrected chi connectivity index (χ3v) is 7.03. The number of alkyl carbamates (subject to hydrolysis) is 1. The molecule has 2 aliphatic carbocycles. The third-order valence-electron chi connectivity index (χ3n) is 7.03. The molecule has 2 aliphatic rings. The Morgan fingerprint density at radius 3 is 2.26 bits per heavy atom. The minimum atomic E-state index is -0.937. The maximum atomic E-state index is 12.7. The largest absolute Gasteiger partial charge is 0.481 e. The quantitative estimate of drug-likeness (QED) is 0.540. The number of amides is 2. The molecule has 0 heterocycles. The molecule has 0 aliphatic heterocycles. The van der Waals surface area contributed by atoms with E-state index < -0.39 is 18.0 Å². The zero-order chi connectivity index (χ0) is 24.1. The Hall–Kier alpha value is -3.35. The van der Waals surface area contributed by atoms with Crippen LogP contribution < -0.4 is 10.6 Å². The van der Waals surface area contributed by atoms with Gasteiger partial charge in [-0.05, 0) is 41.0 Å². The number of hydrogen-bond donors (Lipinski definition) is 3. The number of carbonyl (C=O) groups is 3. The lowest BCUT2D eigenvalue weighted by atomic mass is 9.82. The van der Waals surface area contributed by atoms with Crippen molar-refractivity contribution in [2.24, 2.45) is 11.8 Å². The van der Waals surface area contributed by atoms with Gasteiger partial charge in [0.15, 0.2) is 0 Å². The van der Waals surface area contributed by atoms with Crippen molar-refractivity contribution in [3.8, 4) is 11.1 Å². The summed E-state index contributed by atoms with van der Waals surface area (Å²) in [5.74, 6) is -1.74. The van der Waals surface area contributed by atoms with Gasteiger partial charge in [0.25, 0.3) is 0 Å². The van der Waals surface area contributed by atoms with Gasteiger partial charge in [-0.15, -0.1) is 0 Å². The van der Waals surface area contributed by atoms with E-state index in [0.717, 1.165) is 25.7 Å². The number of rotatable bonds is 8. The van der Waals surface area contributed by atoms with E-state index in [4.69, 9.17) is 9.84 Å². The van der Waals surface area contributed by atoms with Crippen LogP contribution >= 0.6 is 0 Å².